The van der Waals surface area contributed by atoms with Crippen molar-refractivity contribution in [1.29, 1.82) is 0 Å². The smallest absolute Gasteiger partial charge is 0.320 e. The molecule has 0 aliphatic rings. The number of nitro benzene ring substituents is 1. The van der Waals surface area contributed by atoms with Crippen molar-refractivity contribution in [2.75, 3.05) is 21.3 Å². The topological polar surface area (TPSA) is 80.1 Å². The quantitative estimate of drug-likeness (QED) is 0.247. The van der Waals surface area contributed by atoms with Crippen molar-refractivity contribution in [2.24, 2.45) is 0 Å². The number of rotatable bonds is 10. The summed E-state index contributed by atoms with van der Waals surface area (Å²) in [4.78, 5) is 11.2. The van der Waals surface area contributed by atoms with E-state index in [-0.39, 0.29) is 52.3 Å². The second kappa shape index (κ2) is 10.9. The van der Waals surface area contributed by atoms with Crippen LogP contribution >= 0.6 is 0 Å². The first-order chi connectivity index (χ1) is 15.9. The zero-order valence-corrected chi connectivity index (χ0v) is 19.8. The van der Waals surface area contributed by atoms with Crippen LogP contribution in [0.4, 0.5) is 14.5 Å². The molecule has 10 heteroatoms. The summed E-state index contributed by atoms with van der Waals surface area (Å²) in [6.07, 6.45) is 0. The van der Waals surface area contributed by atoms with E-state index in [1.54, 1.807) is 24.3 Å². The number of methoxy groups -OCH3 is 3. The normalized spacial score (nSPS) is 11.2. The first kappa shape index (κ1) is 24.1. The highest BCUT2D eigenvalue weighted by molar-refractivity contribution is 6.31. The molecule has 0 amide bonds. The SMILES string of the molecule is COc1cc(CO[SiH2]C(c2ccc(F)cc2)c2ccc(F)cc2)c([N+](=O)[O-])c(OC)c1OC. The highest BCUT2D eigenvalue weighted by Crippen LogP contribution is 2.46. The minimum atomic E-state index is -1.41. The molecular weight excluding hydrogens is 452 g/mol. The molecule has 0 saturated carbocycles. The van der Waals surface area contributed by atoms with Crippen molar-refractivity contribution < 1.29 is 32.3 Å². The van der Waals surface area contributed by atoms with Gasteiger partial charge in [-0.3, -0.25) is 10.1 Å². The third-order valence-electron chi connectivity index (χ3n) is 5.15. The second-order valence-electron chi connectivity index (χ2n) is 7.08. The fourth-order valence-electron chi connectivity index (χ4n) is 3.56. The molecular formula is C23H23F2NO6Si. The molecule has 0 aliphatic heterocycles. The Morgan fingerprint density at radius 2 is 1.39 bits per heavy atom. The summed E-state index contributed by atoms with van der Waals surface area (Å²) in [7, 11) is 2.68. The molecule has 0 saturated heterocycles. The standard InChI is InChI=1S/C23H23F2NO6Si/c1-29-19-12-16(20(26(27)28)22(31-3)21(19)30-2)13-32-33-23(14-4-8-17(24)9-5-14)15-6-10-18(25)11-7-15/h4-12,23H,13,33H2,1-3H3. The molecule has 3 aromatic carbocycles. The Hall–Kier alpha value is -3.50. The molecule has 3 rings (SSSR count). The van der Waals surface area contributed by atoms with Gasteiger partial charge in [0.05, 0.1) is 38.4 Å². The van der Waals surface area contributed by atoms with Gasteiger partial charge in [0.1, 0.15) is 11.6 Å². The average molecular weight is 476 g/mol. The molecule has 0 radical (unpaired) electrons. The van der Waals surface area contributed by atoms with E-state index in [2.05, 4.69) is 0 Å². The molecule has 0 N–H and O–H groups in total. The molecule has 0 spiro atoms. The fraction of sp³-hybridized carbons (Fsp3) is 0.217. The molecule has 0 aliphatic carbocycles. The largest absolute Gasteiger partial charge is 0.493 e. The molecule has 0 heterocycles. The number of benzene rings is 3. The average Bonchev–Trinajstić information content (AvgIpc) is 2.82. The van der Waals surface area contributed by atoms with Gasteiger partial charge in [0.25, 0.3) is 0 Å². The molecule has 174 valence electrons. The van der Waals surface area contributed by atoms with Crippen LogP contribution in [-0.4, -0.2) is 36.0 Å². The van der Waals surface area contributed by atoms with Gasteiger partial charge >= 0.3 is 5.69 Å². The summed E-state index contributed by atoms with van der Waals surface area (Å²) >= 11 is 0. The van der Waals surface area contributed by atoms with E-state index in [0.717, 1.165) is 11.1 Å². The van der Waals surface area contributed by atoms with E-state index in [1.165, 1.54) is 51.7 Å². The van der Waals surface area contributed by atoms with Gasteiger partial charge in [-0.2, -0.15) is 0 Å². The number of hydrogen-bond donors (Lipinski definition) is 0. The Morgan fingerprint density at radius 3 is 1.82 bits per heavy atom. The number of halogens is 2. The van der Waals surface area contributed by atoms with Crippen molar-refractivity contribution in [3.63, 3.8) is 0 Å². The van der Waals surface area contributed by atoms with E-state index in [9.17, 15) is 18.9 Å². The second-order valence-corrected chi connectivity index (χ2v) is 8.64. The van der Waals surface area contributed by atoms with Crippen LogP contribution in [0.5, 0.6) is 17.2 Å². The Morgan fingerprint density at radius 1 is 0.879 bits per heavy atom. The molecule has 3 aromatic rings. The monoisotopic (exact) mass is 475 g/mol. The number of nitro groups is 1. The predicted molar refractivity (Wildman–Crippen MR) is 121 cm³/mol. The Labute approximate surface area is 192 Å². The Bertz CT molecular complexity index is 1060. The molecule has 0 atom stereocenters. The van der Waals surface area contributed by atoms with Crippen LogP contribution in [0.2, 0.25) is 0 Å². The summed E-state index contributed by atoms with van der Waals surface area (Å²) in [6.45, 7) is -0.0713. The zero-order valence-electron chi connectivity index (χ0n) is 18.3. The highest BCUT2D eigenvalue weighted by atomic mass is 28.2. The van der Waals surface area contributed by atoms with Crippen molar-refractivity contribution in [1.82, 2.24) is 0 Å². The van der Waals surface area contributed by atoms with Gasteiger partial charge < -0.3 is 18.6 Å². The fourth-order valence-corrected chi connectivity index (χ4v) is 5.07. The molecule has 0 unspecified atom stereocenters. The van der Waals surface area contributed by atoms with E-state index in [4.69, 9.17) is 18.6 Å². The van der Waals surface area contributed by atoms with E-state index >= 15 is 0 Å². The summed E-state index contributed by atoms with van der Waals surface area (Å²) < 4.78 is 48.7. The lowest BCUT2D eigenvalue weighted by Gasteiger charge is -2.19. The lowest BCUT2D eigenvalue weighted by molar-refractivity contribution is -0.386. The van der Waals surface area contributed by atoms with Gasteiger partial charge in [-0.25, -0.2) is 8.78 Å². The molecule has 0 aromatic heterocycles. The van der Waals surface area contributed by atoms with Crippen molar-refractivity contribution >= 4 is 15.5 Å². The van der Waals surface area contributed by atoms with Gasteiger partial charge in [-0.15, -0.1) is 0 Å². The van der Waals surface area contributed by atoms with Crippen LogP contribution in [0.15, 0.2) is 54.6 Å². The maximum Gasteiger partial charge on any atom is 0.320 e. The maximum atomic E-state index is 13.4. The van der Waals surface area contributed by atoms with Crippen LogP contribution in [-0.2, 0) is 11.0 Å². The first-order valence-corrected chi connectivity index (χ1v) is 11.3. The Kier molecular flexibility index (Phi) is 7.96. The van der Waals surface area contributed by atoms with Gasteiger partial charge in [0.2, 0.25) is 11.5 Å². The van der Waals surface area contributed by atoms with E-state index in [0.29, 0.717) is 0 Å². The van der Waals surface area contributed by atoms with Crippen molar-refractivity contribution in [2.45, 2.75) is 12.1 Å². The number of nitrogens with zero attached hydrogens (tertiary/aromatic N) is 1. The third kappa shape index (κ3) is 5.47. The minimum Gasteiger partial charge on any atom is -0.493 e. The number of hydrogen-bond acceptors (Lipinski definition) is 6. The number of ether oxygens (including phenoxy) is 3. The van der Waals surface area contributed by atoms with Crippen molar-refractivity contribution in [3.8, 4) is 17.2 Å². The summed E-state index contributed by atoms with van der Waals surface area (Å²) in [6, 6.07) is 13.5. The van der Waals surface area contributed by atoms with E-state index < -0.39 is 14.7 Å². The lowest BCUT2D eigenvalue weighted by atomic mass is 10.0. The first-order valence-electron chi connectivity index (χ1n) is 9.94. The van der Waals surface area contributed by atoms with Crippen LogP contribution in [0.1, 0.15) is 22.2 Å². The summed E-state index contributed by atoms with van der Waals surface area (Å²) in [5.41, 5.74) is 1.40. The van der Waals surface area contributed by atoms with Crippen LogP contribution < -0.4 is 14.2 Å². The van der Waals surface area contributed by atoms with Gasteiger partial charge in [-0.05, 0) is 41.5 Å². The third-order valence-corrected chi connectivity index (χ3v) is 6.87. The predicted octanol–water partition coefficient (Wildman–Crippen LogP) is 4.29. The van der Waals surface area contributed by atoms with Gasteiger partial charge in [-0.1, -0.05) is 24.3 Å². The van der Waals surface area contributed by atoms with Gasteiger partial charge in [0.15, 0.2) is 15.5 Å². The minimum absolute atomic E-state index is 0.0595. The van der Waals surface area contributed by atoms with Crippen LogP contribution in [0.3, 0.4) is 0 Å². The zero-order chi connectivity index (χ0) is 24.0. The Balaban J connectivity index is 1.91. The van der Waals surface area contributed by atoms with Crippen LogP contribution in [0, 0.1) is 21.7 Å². The molecule has 33 heavy (non-hydrogen) atoms. The maximum absolute atomic E-state index is 13.4. The van der Waals surface area contributed by atoms with Crippen LogP contribution in [0.25, 0.3) is 0 Å². The highest BCUT2D eigenvalue weighted by Gasteiger charge is 2.29. The van der Waals surface area contributed by atoms with Crippen molar-refractivity contribution in [3.05, 3.63) is 93.0 Å². The summed E-state index contributed by atoms with van der Waals surface area (Å²) in [5.74, 6) is -0.410. The summed E-state index contributed by atoms with van der Waals surface area (Å²) in [5, 5.41) is 11.8. The lowest BCUT2D eigenvalue weighted by Crippen LogP contribution is -2.14. The molecule has 0 bridgehead atoms. The molecule has 7 nitrogen and oxygen atoms in total. The van der Waals surface area contributed by atoms with E-state index in [1.807, 2.05) is 0 Å². The van der Waals surface area contributed by atoms with Gasteiger partial charge in [0, 0.05) is 5.54 Å². The molecule has 0 fully saturated rings.